The fraction of sp³-hybridized carbons (Fsp3) is 0.400. The first kappa shape index (κ1) is 10.7. The summed E-state index contributed by atoms with van der Waals surface area (Å²) < 4.78 is 0. The van der Waals surface area contributed by atoms with Gasteiger partial charge in [-0.15, -0.1) is 0 Å². The van der Waals surface area contributed by atoms with Crippen molar-refractivity contribution in [2.45, 2.75) is 38.3 Å². The van der Waals surface area contributed by atoms with Gasteiger partial charge in [-0.25, -0.2) is 0 Å². The minimum Gasteiger partial charge on any atom is -0.310 e. The standard InChI is InChI=1S/C15H18N2/c1-2-6-14(5-1)17-11-12-7-8-15-13(10-12)4-3-9-16-15/h3-4,7-10,14,17H,1-2,5-6,11H2. The number of hydrogen-bond donors (Lipinski definition) is 1. The highest BCUT2D eigenvalue weighted by molar-refractivity contribution is 5.78. The van der Waals surface area contributed by atoms with Crippen LogP contribution in [0.1, 0.15) is 31.2 Å². The Kier molecular flexibility index (Phi) is 3.06. The predicted molar refractivity (Wildman–Crippen MR) is 70.8 cm³/mol. The van der Waals surface area contributed by atoms with E-state index in [0.717, 1.165) is 18.1 Å². The van der Waals surface area contributed by atoms with Crippen LogP contribution in [0.2, 0.25) is 0 Å². The Bertz CT molecular complexity index is 501. The van der Waals surface area contributed by atoms with Crippen LogP contribution < -0.4 is 5.32 Å². The van der Waals surface area contributed by atoms with Gasteiger partial charge in [0.1, 0.15) is 0 Å². The molecule has 2 nitrogen and oxygen atoms in total. The molecule has 0 amide bonds. The lowest BCUT2D eigenvalue weighted by molar-refractivity contribution is 0.524. The van der Waals surface area contributed by atoms with Crippen molar-refractivity contribution in [2.24, 2.45) is 0 Å². The number of benzene rings is 1. The lowest BCUT2D eigenvalue weighted by Gasteiger charge is -2.11. The molecule has 1 heterocycles. The fourth-order valence-electron chi connectivity index (χ4n) is 2.63. The largest absolute Gasteiger partial charge is 0.310 e. The topological polar surface area (TPSA) is 24.9 Å². The highest BCUT2D eigenvalue weighted by atomic mass is 14.9. The van der Waals surface area contributed by atoms with Crippen LogP contribution in [-0.4, -0.2) is 11.0 Å². The van der Waals surface area contributed by atoms with Crippen LogP contribution in [0.15, 0.2) is 36.5 Å². The number of nitrogens with zero attached hydrogens (tertiary/aromatic N) is 1. The maximum Gasteiger partial charge on any atom is 0.0702 e. The first-order valence-corrected chi connectivity index (χ1v) is 6.49. The lowest BCUT2D eigenvalue weighted by atomic mass is 10.1. The van der Waals surface area contributed by atoms with Crippen molar-refractivity contribution in [1.29, 1.82) is 0 Å². The van der Waals surface area contributed by atoms with E-state index in [1.165, 1.54) is 36.6 Å². The molecule has 0 bridgehead atoms. The van der Waals surface area contributed by atoms with Crippen LogP contribution in [0.25, 0.3) is 10.9 Å². The van der Waals surface area contributed by atoms with Crippen molar-refractivity contribution in [2.75, 3.05) is 0 Å². The summed E-state index contributed by atoms with van der Waals surface area (Å²) in [5.41, 5.74) is 2.44. The molecule has 17 heavy (non-hydrogen) atoms. The molecule has 0 aliphatic heterocycles. The van der Waals surface area contributed by atoms with E-state index in [0.29, 0.717) is 0 Å². The monoisotopic (exact) mass is 226 g/mol. The zero-order valence-corrected chi connectivity index (χ0v) is 10.0. The second-order valence-electron chi connectivity index (χ2n) is 4.89. The molecule has 1 aromatic heterocycles. The summed E-state index contributed by atoms with van der Waals surface area (Å²) in [6, 6.07) is 11.4. The van der Waals surface area contributed by atoms with Gasteiger partial charge in [0.2, 0.25) is 0 Å². The third-order valence-electron chi connectivity index (χ3n) is 3.62. The van der Waals surface area contributed by atoms with Gasteiger partial charge in [-0.3, -0.25) is 4.98 Å². The molecule has 1 saturated carbocycles. The normalized spacial score (nSPS) is 16.7. The van der Waals surface area contributed by atoms with E-state index < -0.39 is 0 Å². The molecule has 1 aromatic carbocycles. The van der Waals surface area contributed by atoms with Crippen molar-refractivity contribution in [3.63, 3.8) is 0 Å². The number of rotatable bonds is 3. The molecule has 2 heteroatoms. The van der Waals surface area contributed by atoms with Gasteiger partial charge in [0.05, 0.1) is 5.52 Å². The number of pyridine rings is 1. The minimum absolute atomic E-state index is 0.736. The van der Waals surface area contributed by atoms with Gasteiger partial charge in [0.15, 0.2) is 0 Å². The van der Waals surface area contributed by atoms with Gasteiger partial charge in [-0.2, -0.15) is 0 Å². The summed E-state index contributed by atoms with van der Waals surface area (Å²) in [6.45, 7) is 0.982. The lowest BCUT2D eigenvalue weighted by Crippen LogP contribution is -2.25. The smallest absolute Gasteiger partial charge is 0.0702 e. The van der Waals surface area contributed by atoms with Crippen molar-refractivity contribution in [3.05, 3.63) is 42.1 Å². The van der Waals surface area contributed by atoms with E-state index in [-0.39, 0.29) is 0 Å². The Morgan fingerprint density at radius 3 is 2.94 bits per heavy atom. The molecule has 2 aromatic rings. The molecule has 0 radical (unpaired) electrons. The molecule has 1 aliphatic rings. The van der Waals surface area contributed by atoms with E-state index >= 15 is 0 Å². The molecular formula is C15H18N2. The molecule has 1 aliphatic carbocycles. The molecule has 3 rings (SSSR count). The van der Waals surface area contributed by atoms with Crippen molar-refractivity contribution in [1.82, 2.24) is 10.3 Å². The van der Waals surface area contributed by atoms with Gasteiger partial charge in [0, 0.05) is 24.2 Å². The molecule has 0 saturated heterocycles. The van der Waals surface area contributed by atoms with Crippen molar-refractivity contribution >= 4 is 10.9 Å². The van der Waals surface area contributed by atoms with Crippen molar-refractivity contribution < 1.29 is 0 Å². The van der Waals surface area contributed by atoms with Gasteiger partial charge < -0.3 is 5.32 Å². The van der Waals surface area contributed by atoms with Crippen LogP contribution in [0.4, 0.5) is 0 Å². The minimum atomic E-state index is 0.736. The zero-order chi connectivity index (χ0) is 11.5. The van der Waals surface area contributed by atoms with Crippen LogP contribution in [-0.2, 0) is 6.54 Å². The maximum absolute atomic E-state index is 4.34. The number of nitrogens with one attached hydrogen (secondary N) is 1. The SMILES string of the molecule is c1cnc2ccc(CNC3CCCC3)cc2c1. The highest BCUT2D eigenvalue weighted by Gasteiger charge is 2.13. The van der Waals surface area contributed by atoms with Crippen LogP contribution in [0.5, 0.6) is 0 Å². The number of aromatic nitrogens is 1. The Labute approximate surface area is 102 Å². The van der Waals surface area contributed by atoms with Crippen LogP contribution in [0.3, 0.4) is 0 Å². The second-order valence-corrected chi connectivity index (χ2v) is 4.89. The summed E-state index contributed by atoms with van der Waals surface area (Å²) in [5.74, 6) is 0. The Hall–Kier alpha value is -1.41. The van der Waals surface area contributed by atoms with Crippen molar-refractivity contribution in [3.8, 4) is 0 Å². The first-order chi connectivity index (χ1) is 8.42. The summed E-state index contributed by atoms with van der Waals surface area (Å²) in [4.78, 5) is 4.34. The quantitative estimate of drug-likeness (QED) is 0.869. The van der Waals surface area contributed by atoms with Crippen LogP contribution in [0, 0.1) is 0 Å². The van der Waals surface area contributed by atoms with Crippen LogP contribution >= 0.6 is 0 Å². The summed E-state index contributed by atoms with van der Waals surface area (Å²) >= 11 is 0. The number of hydrogen-bond acceptors (Lipinski definition) is 2. The average molecular weight is 226 g/mol. The summed E-state index contributed by atoms with van der Waals surface area (Å²) in [6.07, 6.45) is 7.31. The fourth-order valence-corrected chi connectivity index (χ4v) is 2.63. The van der Waals surface area contributed by atoms with E-state index in [1.54, 1.807) is 0 Å². The molecular weight excluding hydrogens is 208 g/mol. The number of fused-ring (bicyclic) bond motifs is 1. The summed E-state index contributed by atoms with van der Waals surface area (Å²) in [7, 11) is 0. The van der Waals surface area contributed by atoms with E-state index in [1.807, 2.05) is 12.3 Å². The Morgan fingerprint density at radius 2 is 2.06 bits per heavy atom. The highest BCUT2D eigenvalue weighted by Crippen LogP contribution is 2.19. The zero-order valence-electron chi connectivity index (χ0n) is 10.0. The molecule has 88 valence electrons. The van der Waals surface area contributed by atoms with E-state index in [4.69, 9.17) is 0 Å². The molecule has 0 spiro atoms. The molecule has 0 unspecified atom stereocenters. The van der Waals surface area contributed by atoms with Gasteiger partial charge >= 0.3 is 0 Å². The average Bonchev–Trinajstić information content (AvgIpc) is 2.89. The predicted octanol–water partition coefficient (Wildman–Crippen LogP) is 3.27. The first-order valence-electron chi connectivity index (χ1n) is 6.49. The third-order valence-corrected chi connectivity index (χ3v) is 3.62. The Balaban J connectivity index is 1.72. The molecule has 1 fully saturated rings. The van der Waals surface area contributed by atoms with Gasteiger partial charge in [0.25, 0.3) is 0 Å². The second kappa shape index (κ2) is 4.84. The Morgan fingerprint density at radius 1 is 1.18 bits per heavy atom. The van der Waals surface area contributed by atoms with E-state index in [9.17, 15) is 0 Å². The molecule has 0 atom stereocenters. The van der Waals surface area contributed by atoms with Gasteiger partial charge in [-0.1, -0.05) is 25.0 Å². The maximum atomic E-state index is 4.34. The van der Waals surface area contributed by atoms with Gasteiger partial charge in [-0.05, 0) is 36.6 Å². The third kappa shape index (κ3) is 2.47. The molecule has 1 N–H and O–H groups in total. The van der Waals surface area contributed by atoms with E-state index in [2.05, 4.69) is 34.6 Å². The summed E-state index contributed by atoms with van der Waals surface area (Å²) in [5, 5.41) is 4.88.